The third kappa shape index (κ3) is 4.47. The fourth-order valence-electron chi connectivity index (χ4n) is 5.51. The van der Waals surface area contributed by atoms with Gasteiger partial charge in [-0.15, -0.1) is 0 Å². The van der Waals surface area contributed by atoms with Gasteiger partial charge in [0.1, 0.15) is 11.4 Å². The summed E-state index contributed by atoms with van der Waals surface area (Å²) in [4.78, 5) is 17.7. The predicted molar refractivity (Wildman–Crippen MR) is 148 cm³/mol. The number of urea groups is 1. The summed E-state index contributed by atoms with van der Waals surface area (Å²) in [6, 6.07) is 14.0. The van der Waals surface area contributed by atoms with E-state index in [9.17, 15) is 4.79 Å². The van der Waals surface area contributed by atoms with Crippen LogP contribution in [0.25, 0.3) is 27.8 Å². The van der Waals surface area contributed by atoms with E-state index in [0.29, 0.717) is 25.5 Å². The van der Waals surface area contributed by atoms with Crippen molar-refractivity contribution in [1.29, 1.82) is 0 Å². The Morgan fingerprint density at radius 3 is 2.70 bits per heavy atom. The lowest BCUT2D eigenvalue weighted by atomic mass is 9.77. The molecule has 0 saturated carbocycles. The number of rotatable bonds is 5. The summed E-state index contributed by atoms with van der Waals surface area (Å²) in [5.41, 5.74) is 12.8. The zero-order chi connectivity index (χ0) is 26.5. The minimum Gasteiger partial charge on any atom is -0.491 e. The SMILES string of the molecule is Cc1cccc(OCC(C)C)c1-n1nc2c(c1-c1ccc3[nH]ccc3c1)C(C(C)(C)C)N(C(N)=O)CC2. The van der Waals surface area contributed by atoms with Crippen LogP contribution in [-0.2, 0) is 6.42 Å². The van der Waals surface area contributed by atoms with Gasteiger partial charge in [0, 0.05) is 41.2 Å². The van der Waals surface area contributed by atoms with Crippen LogP contribution in [0, 0.1) is 18.3 Å². The van der Waals surface area contributed by atoms with Crippen molar-refractivity contribution in [1.82, 2.24) is 19.7 Å². The molecule has 3 heterocycles. The molecule has 7 nitrogen and oxygen atoms in total. The van der Waals surface area contributed by atoms with Gasteiger partial charge in [0.25, 0.3) is 0 Å². The van der Waals surface area contributed by atoms with Crippen molar-refractivity contribution >= 4 is 16.9 Å². The number of benzene rings is 2. The molecular formula is C30H37N5O2. The molecule has 1 aliphatic heterocycles. The zero-order valence-electron chi connectivity index (χ0n) is 22.6. The molecule has 0 fully saturated rings. The molecular weight excluding hydrogens is 462 g/mol. The summed E-state index contributed by atoms with van der Waals surface area (Å²) in [6.45, 7) is 14.0. The van der Waals surface area contributed by atoms with Crippen molar-refractivity contribution < 1.29 is 9.53 Å². The van der Waals surface area contributed by atoms with E-state index in [4.69, 9.17) is 15.6 Å². The maximum atomic E-state index is 12.6. The highest BCUT2D eigenvalue weighted by Crippen LogP contribution is 2.48. The zero-order valence-corrected chi connectivity index (χ0v) is 22.6. The number of para-hydroxylation sites is 1. The molecule has 1 aliphatic rings. The summed E-state index contributed by atoms with van der Waals surface area (Å²) in [6.07, 6.45) is 2.60. The van der Waals surface area contributed by atoms with Crippen molar-refractivity contribution in [2.24, 2.45) is 17.1 Å². The monoisotopic (exact) mass is 499 g/mol. The first-order valence-electron chi connectivity index (χ1n) is 13.0. The van der Waals surface area contributed by atoms with E-state index in [0.717, 1.165) is 50.4 Å². The second-order valence-electron chi connectivity index (χ2n) is 11.6. The Hall–Kier alpha value is -3.74. The number of aromatic nitrogens is 3. The smallest absolute Gasteiger partial charge is 0.315 e. The molecule has 0 radical (unpaired) electrons. The maximum Gasteiger partial charge on any atom is 0.315 e. The van der Waals surface area contributed by atoms with E-state index in [1.807, 2.05) is 23.0 Å². The molecule has 0 bridgehead atoms. The molecule has 5 rings (SSSR count). The molecule has 1 unspecified atom stereocenters. The number of ether oxygens (including phenoxy) is 1. The maximum absolute atomic E-state index is 12.6. The Morgan fingerprint density at radius 1 is 1.22 bits per heavy atom. The molecule has 2 amide bonds. The number of aryl methyl sites for hydroxylation is 1. The van der Waals surface area contributed by atoms with E-state index < -0.39 is 6.03 Å². The Labute approximate surface area is 218 Å². The molecule has 0 aliphatic carbocycles. The van der Waals surface area contributed by atoms with E-state index >= 15 is 0 Å². The number of nitrogens with zero attached hydrogens (tertiary/aromatic N) is 3. The number of carbonyl (C=O) groups excluding carboxylic acids is 1. The number of H-pyrrole nitrogens is 1. The van der Waals surface area contributed by atoms with Gasteiger partial charge in [0.2, 0.25) is 0 Å². The predicted octanol–water partition coefficient (Wildman–Crippen LogP) is 6.39. The molecule has 194 valence electrons. The lowest BCUT2D eigenvalue weighted by Crippen LogP contribution is -2.47. The minimum atomic E-state index is -0.401. The largest absolute Gasteiger partial charge is 0.491 e. The molecule has 2 aromatic heterocycles. The van der Waals surface area contributed by atoms with Crippen LogP contribution in [0.4, 0.5) is 4.79 Å². The Morgan fingerprint density at radius 2 is 2.00 bits per heavy atom. The molecule has 0 saturated heterocycles. The Balaban J connectivity index is 1.83. The molecule has 7 heteroatoms. The van der Waals surface area contributed by atoms with Crippen LogP contribution in [0.5, 0.6) is 5.75 Å². The van der Waals surface area contributed by atoms with Crippen LogP contribution < -0.4 is 10.5 Å². The average molecular weight is 500 g/mol. The highest BCUT2D eigenvalue weighted by molar-refractivity contribution is 5.86. The van der Waals surface area contributed by atoms with Gasteiger partial charge in [-0.3, -0.25) is 0 Å². The normalized spacial score (nSPS) is 15.9. The van der Waals surface area contributed by atoms with Crippen LogP contribution in [-0.4, -0.2) is 38.8 Å². The second kappa shape index (κ2) is 9.29. The van der Waals surface area contributed by atoms with E-state index in [2.05, 4.69) is 76.9 Å². The number of primary amides is 1. The summed E-state index contributed by atoms with van der Waals surface area (Å²) < 4.78 is 8.37. The summed E-state index contributed by atoms with van der Waals surface area (Å²) >= 11 is 0. The number of nitrogens with one attached hydrogen (secondary N) is 1. The summed E-state index contributed by atoms with van der Waals surface area (Å²) in [5, 5.41) is 6.34. The first-order chi connectivity index (χ1) is 17.6. The van der Waals surface area contributed by atoms with Gasteiger partial charge in [-0.1, -0.05) is 52.8 Å². The fourth-order valence-corrected chi connectivity index (χ4v) is 5.51. The van der Waals surface area contributed by atoms with Crippen molar-refractivity contribution in [3.05, 3.63) is 65.5 Å². The van der Waals surface area contributed by atoms with Crippen molar-refractivity contribution in [3.63, 3.8) is 0 Å². The van der Waals surface area contributed by atoms with Crippen LogP contribution >= 0.6 is 0 Å². The number of fused-ring (bicyclic) bond motifs is 2. The quantitative estimate of drug-likeness (QED) is 0.333. The third-order valence-electron chi connectivity index (χ3n) is 7.09. The van der Waals surface area contributed by atoms with E-state index in [1.165, 1.54) is 0 Å². The van der Waals surface area contributed by atoms with Gasteiger partial charge in [-0.2, -0.15) is 5.10 Å². The standard InChI is InChI=1S/C30H37N5O2/c1-18(2)17-37-24-9-7-8-19(3)26(24)35-27(21-10-11-22-20(16-21)12-14-32-22)25-23(33-35)13-15-34(29(31)36)28(25)30(4,5)6/h7-12,14,16,18,28,32H,13,15,17H2,1-6H3,(H2,31,36). The highest BCUT2D eigenvalue weighted by atomic mass is 16.5. The van der Waals surface area contributed by atoms with E-state index in [1.54, 1.807) is 4.90 Å². The average Bonchev–Trinajstić information content (AvgIpc) is 3.45. The number of hydrogen-bond donors (Lipinski definition) is 2. The van der Waals surface area contributed by atoms with Crippen LogP contribution in [0.15, 0.2) is 48.7 Å². The van der Waals surface area contributed by atoms with Gasteiger partial charge in [-0.05, 0) is 48.1 Å². The number of carbonyl (C=O) groups is 1. The van der Waals surface area contributed by atoms with Crippen molar-refractivity contribution in [2.45, 2.75) is 54.0 Å². The van der Waals surface area contributed by atoms with Gasteiger partial charge in [-0.25, -0.2) is 9.48 Å². The molecule has 3 N–H and O–H groups in total. The molecule has 2 aromatic carbocycles. The first kappa shape index (κ1) is 24.9. The topological polar surface area (TPSA) is 89.2 Å². The molecule has 4 aromatic rings. The van der Waals surface area contributed by atoms with Crippen LogP contribution in [0.3, 0.4) is 0 Å². The number of amides is 2. The van der Waals surface area contributed by atoms with Crippen LogP contribution in [0.1, 0.15) is 57.5 Å². The van der Waals surface area contributed by atoms with E-state index in [-0.39, 0.29) is 11.5 Å². The van der Waals surface area contributed by atoms with Gasteiger partial charge in [0.05, 0.1) is 24.0 Å². The van der Waals surface area contributed by atoms with Gasteiger partial charge < -0.3 is 20.4 Å². The summed E-state index contributed by atoms with van der Waals surface area (Å²) in [7, 11) is 0. The minimum absolute atomic E-state index is 0.219. The fraction of sp³-hybridized carbons (Fsp3) is 0.400. The molecule has 37 heavy (non-hydrogen) atoms. The molecule has 1 atom stereocenters. The lowest BCUT2D eigenvalue weighted by Gasteiger charge is -2.42. The third-order valence-corrected chi connectivity index (χ3v) is 7.09. The van der Waals surface area contributed by atoms with Gasteiger partial charge >= 0.3 is 6.03 Å². The number of hydrogen-bond acceptors (Lipinski definition) is 3. The first-order valence-corrected chi connectivity index (χ1v) is 13.0. The molecule has 0 spiro atoms. The second-order valence-corrected chi connectivity index (χ2v) is 11.6. The number of nitrogens with two attached hydrogens (primary N) is 1. The Bertz CT molecular complexity index is 1460. The summed E-state index contributed by atoms with van der Waals surface area (Å²) in [5.74, 6) is 1.20. The van der Waals surface area contributed by atoms with Crippen molar-refractivity contribution in [3.8, 4) is 22.7 Å². The van der Waals surface area contributed by atoms with Crippen LogP contribution in [0.2, 0.25) is 0 Å². The Kier molecular flexibility index (Phi) is 6.26. The highest BCUT2D eigenvalue weighted by Gasteiger charge is 2.42. The van der Waals surface area contributed by atoms with Crippen molar-refractivity contribution in [2.75, 3.05) is 13.2 Å². The van der Waals surface area contributed by atoms with Gasteiger partial charge in [0.15, 0.2) is 0 Å². The number of aromatic amines is 1. The lowest BCUT2D eigenvalue weighted by molar-refractivity contribution is 0.115.